The molecular formula is C16H14Cl2N4O2S. The van der Waals surface area contributed by atoms with Crippen molar-refractivity contribution in [3.05, 3.63) is 52.9 Å². The zero-order chi connectivity index (χ0) is 15.6. The molecule has 1 aliphatic rings. The number of rotatable bonds is 4. The van der Waals surface area contributed by atoms with Crippen LogP contribution in [-0.2, 0) is 6.54 Å². The molecular weight excluding hydrogens is 383 g/mol. The van der Waals surface area contributed by atoms with Crippen LogP contribution in [0.5, 0.6) is 5.88 Å². The van der Waals surface area contributed by atoms with Gasteiger partial charge in [-0.25, -0.2) is 9.98 Å². The Labute approximate surface area is 160 Å². The third kappa shape index (κ3) is 4.01. The molecule has 1 aliphatic heterocycles. The molecule has 0 aliphatic carbocycles. The summed E-state index contributed by atoms with van der Waals surface area (Å²) in [6.45, 7) is 0.518. The highest BCUT2D eigenvalue weighted by molar-refractivity contribution is 7.16. The van der Waals surface area contributed by atoms with Gasteiger partial charge in [0.2, 0.25) is 5.88 Å². The summed E-state index contributed by atoms with van der Waals surface area (Å²) < 4.78 is 5.25. The van der Waals surface area contributed by atoms with Crippen LogP contribution in [0.4, 0.5) is 10.9 Å². The first-order chi connectivity index (χ1) is 11.3. The van der Waals surface area contributed by atoms with Crippen molar-refractivity contribution in [1.82, 2.24) is 9.97 Å². The Hall–Kier alpha value is -2.35. The van der Waals surface area contributed by atoms with Gasteiger partial charge in [0.1, 0.15) is 5.76 Å². The summed E-state index contributed by atoms with van der Waals surface area (Å²) >= 11 is 1.37. The summed E-state index contributed by atoms with van der Waals surface area (Å²) in [6.07, 6.45) is 6.94. The summed E-state index contributed by atoms with van der Waals surface area (Å²) in [5, 5.41) is 13.8. The van der Waals surface area contributed by atoms with E-state index in [2.05, 4.69) is 20.3 Å². The molecule has 9 heteroatoms. The number of pyridine rings is 1. The molecule has 0 aromatic carbocycles. The second-order valence-electron chi connectivity index (χ2n) is 4.87. The van der Waals surface area contributed by atoms with E-state index in [9.17, 15) is 5.11 Å². The van der Waals surface area contributed by atoms with Gasteiger partial charge in [-0.2, -0.15) is 4.98 Å². The standard InChI is InChI=1S/C16H12N4O2S.2ClH/c21-15-13(7-10-8-18-14-12(10)4-1-5-17-14)23-16(20-15)19-9-11-3-2-6-22-11;;/h1-8,21H,9H2,(H,19,20);2*1H. The quantitative estimate of drug-likeness (QED) is 0.675. The molecule has 2 N–H and O–H groups in total. The minimum absolute atomic E-state index is 0. The number of nitrogens with zero attached hydrogens (tertiary/aromatic N) is 3. The van der Waals surface area contributed by atoms with Gasteiger partial charge in [0.05, 0.1) is 17.7 Å². The third-order valence-electron chi connectivity index (χ3n) is 3.34. The summed E-state index contributed by atoms with van der Waals surface area (Å²) in [6, 6.07) is 7.53. The number of aromatic hydroxyl groups is 1. The van der Waals surface area contributed by atoms with E-state index in [1.807, 2.05) is 30.3 Å². The molecule has 0 saturated carbocycles. The zero-order valence-corrected chi connectivity index (χ0v) is 15.2. The van der Waals surface area contributed by atoms with Crippen LogP contribution in [0.15, 0.2) is 46.1 Å². The number of hydrogen-bond donors (Lipinski definition) is 2. The fourth-order valence-corrected chi connectivity index (χ4v) is 3.06. The average Bonchev–Trinajstić information content (AvgIpc) is 3.28. The largest absolute Gasteiger partial charge is 0.492 e. The van der Waals surface area contributed by atoms with Crippen molar-refractivity contribution < 1.29 is 9.52 Å². The van der Waals surface area contributed by atoms with Crippen LogP contribution in [0.2, 0.25) is 0 Å². The average molecular weight is 397 g/mol. The highest BCUT2D eigenvalue weighted by Crippen LogP contribution is 2.35. The third-order valence-corrected chi connectivity index (χ3v) is 4.29. The highest BCUT2D eigenvalue weighted by atomic mass is 35.5. The molecule has 0 atom stereocenters. The molecule has 0 spiro atoms. The normalized spacial score (nSPS) is 13.2. The minimum atomic E-state index is -0.00446. The molecule has 0 radical (unpaired) electrons. The van der Waals surface area contributed by atoms with Crippen molar-refractivity contribution in [1.29, 1.82) is 0 Å². The van der Waals surface area contributed by atoms with Crippen molar-refractivity contribution in [3.8, 4) is 5.88 Å². The minimum Gasteiger partial charge on any atom is -0.492 e. The second-order valence-corrected chi connectivity index (χ2v) is 5.90. The first-order valence-electron chi connectivity index (χ1n) is 6.97. The van der Waals surface area contributed by atoms with Crippen LogP contribution in [-0.4, -0.2) is 21.3 Å². The van der Waals surface area contributed by atoms with Gasteiger partial charge < -0.3 is 14.8 Å². The summed E-state index contributed by atoms with van der Waals surface area (Å²) in [7, 11) is 0. The highest BCUT2D eigenvalue weighted by Gasteiger charge is 2.15. The van der Waals surface area contributed by atoms with Crippen LogP contribution in [0.3, 0.4) is 0 Å². The maximum atomic E-state index is 10.0. The summed E-state index contributed by atoms with van der Waals surface area (Å²) in [5.41, 5.74) is 1.86. The Morgan fingerprint density at radius 2 is 2.12 bits per heavy atom. The van der Waals surface area contributed by atoms with E-state index >= 15 is 0 Å². The van der Waals surface area contributed by atoms with Crippen molar-refractivity contribution in [2.24, 2.45) is 4.99 Å². The molecule has 3 aromatic heterocycles. The number of nitrogens with one attached hydrogen (secondary N) is 1. The van der Waals surface area contributed by atoms with Gasteiger partial charge in [-0.15, -0.1) is 24.8 Å². The Morgan fingerprint density at radius 1 is 1.24 bits per heavy atom. The number of thiazole rings is 1. The molecule has 4 rings (SSSR count). The van der Waals surface area contributed by atoms with E-state index in [4.69, 9.17) is 4.42 Å². The lowest BCUT2D eigenvalue weighted by molar-refractivity contribution is 0.456. The maximum absolute atomic E-state index is 10.0. The van der Waals surface area contributed by atoms with E-state index in [0.717, 1.165) is 16.9 Å². The van der Waals surface area contributed by atoms with Gasteiger partial charge in [-0.1, -0.05) is 11.3 Å². The second kappa shape index (κ2) is 8.15. The van der Waals surface area contributed by atoms with Crippen LogP contribution < -0.4 is 5.32 Å². The lowest BCUT2D eigenvalue weighted by Gasteiger charge is -1.97. The van der Waals surface area contributed by atoms with Crippen molar-refractivity contribution in [3.63, 3.8) is 0 Å². The topological polar surface area (TPSA) is 83.5 Å². The van der Waals surface area contributed by atoms with E-state index in [0.29, 0.717) is 22.4 Å². The molecule has 130 valence electrons. The number of allylic oxidation sites excluding steroid dienone is 1. The first kappa shape index (κ1) is 19.0. The maximum Gasteiger partial charge on any atom is 0.231 e. The number of halogens is 2. The molecule has 6 nitrogen and oxygen atoms in total. The smallest absolute Gasteiger partial charge is 0.231 e. The summed E-state index contributed by atoms with van der Waals surface area (Å²) in [5.74, 6) is 1.50. The molecule has 4 heterocycles. The Balaban J connectivity index is 0.00000113. The SMILES string of the molecule is Cl.Cl.Oc1nc(NCc2ccco2)sc1C=C1C=Nc2ncccc21. The summed E-state index contributed by atoms with van der Waals surface area (Å²) in [4.78, 5) is 13.3. The fourth-order valence-electron chi connectivity index (χ4n) is 2.25. The van der Waals surface area contributed by atoms with Gasteiger partial charge in [-0.05, 0) is 30.3 Å². The Bertz CT molecular complexity index is 907. The van der Waals surface area contributed by atoms with E-state index in [-0.39, 0.29) is 30.7 Å². The molecule has 25 heavy (non-hydrogen) atoms. The predicted molar refractivity (Wildman–Crippen MR) is 105 cm³/mol. The molecule has 0 saturated heterocycles. The van der Waals surface area contributed by atoms with Gasteiger partial charge in [0, 0.05) is 23.5 Å². The van der Waals surface area contributed by atoms with Gasteiger partial charge in [0.25, 0.3) is 0 Å². The van der Waals surface area contributed by atoms with Crippen molar-refractivity contribution >= 4 is 65.0 Å². The molecule has 0 bridgehead atoms. The van der Waals surface area contributed by atoms with E-state index in [1.165, 1.54) is 11.3 Å². The lowest BCUT2D eigenvalue weighted by atomic mass is 10.1. The predicted octanol–water partition coefficient (Wildman–Crippen LogP) is 4.55. The molecule has 0 fully saturated rings. The molecule has 3 aromatic rings. The lowest BCUT2D eigenvalue weighted by Crippen LogP contribution is -1.96. The van der Waals surface area contributed by atoms with Crippen LogP contribution in [0, 0.1) is 0 Å². The van der Waals surface area contributed by atoms with Crippen LogP contribution in [0.1, 0.15) is 16.2 Å². The van der Waals surface area contributed by atoms with Crippen molar-refractivity contribution in [2.45, 2.75) is 6.54 Å². The molecule has 0 unspecified atom stereocenters. The number of aliphatic imine (C=N–C) groups is 1. The van der Waals surface area contributed by atoms with E-state index < -0.39 is 0 Å². The number of anilines is 1. The molecule has 0 amide bonds. The Morgan fingerprint density at radius 3 is 2.92 bits per heavy atom. The number of fused-ring (bicyclic) bond motifs is 1. The first-order valence-corrected chi connectivity index (χ1v) is 7.78. The van der Waals surface area contributed by atoms with Gasteiger partial charge in [0.15, 0.2) is 10.9 Å². The van der Waals surface area contributed by atoms with Crippen molar-refractivity contribution in [2.75, 3.05) is 5.32 Å². The number of hydrogen-bond acceptors (Lipinski definition) is 7. The van der Waals surface area contributed by atoms with Crippen LogP contribution >= 0.6 is 36.2 Å². The van der Waals surface area contributed by atoms with E-state index in [1.54, 1.807) is 18.7 Å². The Kier molecular flexibility index (Phi) is 6.19. The van der Waals surface area contributed by atoms with Gasteiger partial charge in [-0.3, -0.25) is 0 Å². The monoisotopic (exact) mass is 396 g/mol. The zero-order valence-electron chi connectivity index (χ0n) is 12.7. The van der Waals surface area contributed by atoms with Crippen LogP contribution in [0.25, 0.3) is 11.6 Å². The number of furan rings is 1. The fraction of sp³-hybridized carbons (Fsp3) is 0.0625. The van der Waals surface area contributed by atoms with Gasteiger partial charge >= 0.3 is 0 Å². The number of aromatic nitrogens is 2.